The number of hydrogen-bond donors (Lipinski definition) is 2. The first-order chi connectivity index (χ1) is 9.17. The van der Waals surface area contributed by atoms with Crippen molar-refractivity contribution in [2.75, 3.05) is 43.9 Å². The van der Waals surface area contributed by atoms with Gasteiger partial charge in [0.15, 0.2) is 0 Å². The fraction of sp³-hybridized carbons (Fsp3) is 0.714. The predicted octanol–water partition coefficient (Wildman–Crippen LogP) is 1.97. The van der Waals surface area contributed by atoms with Gasteiger partial charge in [-0.15, -0.1) is 0 Å². The second-order valence-corrected chi connectivity index (χ2v) is 5.43. The van der Waals surface area contributed by atoms with E-state index in [1.54, 1.807) is 0 Å². The maximum Gasteiger partial charge on any atom is 0.131 e. The van der Waals surface area contributed by atoms with Crippen LogP contribution in [0.4, 0.5) is 11.6 Å². The van der Waals surface area contributed by atoms with Gasteiger partial charge in [-0.2, -0.15) is 0 Å². The predicted molar refractivity (Wildman–Crippen MR) is 79.6 cm³/mol. The van der Waals surface area contributed by atoms with Crippen molar-refractivity contribution in [2.24, 2.45) is 5.92 Å². The fourth-order valence-electron chi connectivity index (χ4n) is 2.54. The van der Waals surface area contributed by atoms with E-state index in [0.717, 1.165) is 24.0 Å². The average molecular weight is 263 g/mol. The highest BCUT2D eigenvalue weighted by Gasteiger charge is 2.14. The Morgan fingerprint density at radius 2 is 1.95 bits per heavy atom. The summed E-state index contributed by atoms with van der Waals surface area (Å²) in [6.07, 6.45) is 2.72. The minimum atomic E-state index is 0.631. The standard InChI is InChI=1S/C14H25N5/c1-11(10-19-6-4-5-7-19)9-16-14-8-13(15-3)17-12(2)18-14/h8,11H,4-7,9-10H2,1-3H3,(H2,15,16,17,18). The smallest absolute Gasteiger partial charge is 0.131 e. The van der Waals surface area contributed by atoms with E-state index in [-0.39, 0.29) is 0 Å². The highest BCUT2D eigenvalue weighted by molar-refractivity contribution is 5.47. The molecule has 1 aliphatic rings. The molecule has 5 heteroatoms. The van der Waals surface area contributed by atoms with Crippen LogP contribution in [-0.2, 0) is 0 Å². The van der Waals surface area contributed by atoms with E-state index in [0.29, 0.717) is 5.92 Å². The van der Waals surface area contributed by atoms with Crippen LogP contribution in [0.2, 0.25) is 0 Å². The monoisotopic (exact) mass is 263 g/mol. The van der Waals surface area contributed by atoms with Gasteiger partial charge in [0.1, 0.15) is 17.5 Å². The van der Waals surface area contributed by atoms with Gasteiger partial charge in [0, 0.05) is 26.2 Å². The van der Waals surface area contributed by atoms with Crippen LogP contribution in [0.3, 0.4) is 0 Å². The Balaban J connectivity index is 1.82. The van der Waals surface area contributed by atoms with Gasteiger partial charge in [0.25, 0.3) is 0 Å². The van der Waals surface area contributed by atoms with Gasteiger partial charge in [-0.3, -0.25) is 0 Å². The van der Waals surface area contributed by atoms with Crippen LogP contribution in [0.5, 0.6) is 0 Å². The highest BCUT2D eigenvalue weighted by Crippen LogP contribution is 2.13. The molecule has 1 aromatic heterocycles. The van der Waals surface area contributed by atoms with E-state index in [2.05, 4.69) is 32.4 Å². The number of aryl methyl sites for hydroxylation is 1. The molecule has 0 aromatic carbocycles. The van der Waals surface area contributed by atoms with Crippen molar-refractivity contribution in [3.8, 4) is 0 Å². The maximum atomic E-state index is 4.41. The number of nitrogens with one attached hydrogen (secondary N) is 2. The Morgan fingerprint density at radius 1 is 1.26 bits per heavy atom. The zero-order valence-electron chi connectivity index (χ0n) is 12.2. The lowest BCUT2D eigenvalue weighted by Crippen LogP contribution is -2.29. The molecule has 0 aliphatic carbocycles. The molecule has 0 radical (unpaired) electrons. The Labute approximate surface area is 115 Å². The van der Waals surface area contributed by atoms with Crippen molar-refractivity contribution < 1.29 is 0 Å². The molecule has 1 atom stereocenters. The molecule has 1 aliphatic heterocycles. The molecule has 1 fully saturated rings. The molecule has 1 saturated heterocycles. The molecule has 1 unspecified atom stereocenters. The largest absolute Gasteiger partial charge is 0.373 e. The molecule has 106 valence electrons. The molecular weight excluding hydrogens is 238 g/mol. The lowest BCUT2D eigenvalue weighted by molar-refractivity contribution is 0.294. The van der Waals surface area contributed by atoms with Gasteiger partial charge in [0.2, 0.25) is 0 Å². The van der Waals surface area contributed by atoms with Gasteiger partial charge in [-0.25, -0.2) is 9.97 Å². The van der Waals surface area contributed by atoms with Gasteiger partial charge >= 0.3 is 0 Å². The molecule has 0 amide bonds. The highest BCUT2D eigenvalue weighted by atomic mass is 15.1. The summed E-state index contributed by atoms with van der Waals surface area (Å²) in [5.74, 6) is 3.19. The Morgan fingerprint density at radius 3 is 2.63 bits per heavy atom. The summed E-state index contributed by atoms with van der Waals surface area (Å²) in [7, 11) is 1.88. The molecule has 0 spiro atoms. The number of hydrogen-bond acceptors (Lipinski definition) is 5. The summed E-state index contributed by atoms with van der Waals surface area (Å²) in [5.41, 5.74) is 0. The summed E-state index contributed by atoms with van der Waals surface area (Å²) in [4.78, 5) is 11.3. The molecule has 19 heavy (non-hydrogen) atoms. The first-order valence-electron chi connectivity index (χ1n) is 7.17. The van der Waals surface area contributed by atoms with E-state index in [1.807, 2.05) is 20.0 Å². The maximum absolute atomic E-state index is 4.41. The van der Waals surface area contributed by atoms with E-state index >= 15 is 0 Å². The zero-order chi connectivity index (χ0) is 13.7. The van der Waals surface area contributed by atoms with Gasteiger partial charge < -0.3 is 15.5 Å². The minimum absolute atomic E-state index is 0.631. The van der Waals surface area contributed by atoms with Crippen molar-refractivity contribution in [1.82, 2.24) is 14.9 Å². The Hall–Kier alpha value is -1.36. The second-order valence-electron chi connectivity index (χ2n) is 5.43. The van der Waals surface area contributed by atoms with Crippen LogP contribution < -0.4 is 10.6 Å². The first-order valence-corrected chi connectivity index (χ1v) is 7.17. The fourth-order valence-corrected chi connectivity index (χ4v) is 2.54. The summed E-state index contributed by atoms with van der Waals surface area (Å²) < 4.78 is 0. The lowest BCUT2D eigenvalue weighted by Gasteiger charge is -2.20. The SMILES string of the molecule is CNc1cc(NCC(C)CN2CCCC2)nc(C)n1. The quantitative estimate of drug-likeness (QED) is 0.822. The van der Waals surface area contributed by atoms with Crippen LogP contribution in [0.1, 0.15) is 25.6 Å². The second kappa shape index (κ2) is 6.70. The van der Waals surface area contributed by atoms with E-state index in [9.17, 15) is 0 Å². The van der Waals surface area contributed by atoms with Crippen molar-refractivity contribution in [1.29, 1.82) is 0 Å². The van der Waals surface area contributed by atoms with Gasteiger partial charge in [0.05, 0.1) is 0 Å². The molecule has 2 N–H and O–H groups in total. The van der Waals surface area contributed by atoms with Crippen molar-refractivity contribution in [3.63, 3.8) is 0 Å². The van der Waals surface area contributed by atoms with Crippen LogP contribution in [-0.4, -0.2) is 48.1 Å². The summed E-state index contributed by atoms with van der Waals surface area (Å²) in [5, 5.41) is 6.47. The molecule has 1 aromatic rings. The number of aromatic nitrogens is 2. The Bertz CT molecular complexity index is 401. The van der Waals surface area contributed by atoms with Crippen molar-refractivity contribution in [3.05, 3.63) is 11.9 Å². The van der Waals surface area contributed by atoms with Crippen molar-refractivity contribution >= 4 is 11.6 Å². The number of nitrogens with zero attached hydrogens (tertiary/aromatic N) is 3. The summed E-state index contributed by atoms with van der Waals surface area (Å²) in [6, 6.07) is 1.95. The average Bonchev–Trinajstić information content (AvgIpc) is 2.88. The zero-order valence-corrected chi connectivity index (χ0v) is 12.2. The third-order valence-electron chi connectivity index (χ3n) is 3.49. The number of likely N-dealkylation sites (tertiary alicyclic amines) is 1. The van der Waals surface area contributed by atoms with Crippen molar-refractivity contribution in [2.45, 2.75) is 26.7 Å². The molecule has 0 saturated carbocycles. The third-order valence-corrected chi connectivity index (χ3v) is 3.49. The Kier molecular flexibility index (Phi) is 4.96. The van der Waals surface area contributed by atoms with Crippen LogP contribution in [0.25, 0.3) is 0 Å². The minimum Gasteiger partial charge on any atom is -0.373 e. The molecule has 2 heterocycles. The normalized spacial score (nSPS) is 17.4. The van der Waals surface area contributed by atoms with Crippen LogP contribution >= 0.6 is 0 Å². The van der Waals surface area contributed by atoms with E-state index < -0.39 is 0 Å². The molecule has 0 bridgehead atoms. The number of anilines is 2. The molecule has 2 rings (SSSR count). The van der Waals surface area contributed by atoms with E-state index in [1.165, 1.54) is 32.5 Å². The lowest BCUT2D eigenvalue weighted by atomic mass is 10.1. The summed E-state index contributed by atoms with van der Waals surface area (Å²) in [6.45, 7) is 8.87. The third kappa shape index (κ3) is 4.35. The van der Waals surface area contributed by atoms with Crippen LogP contribution in [0, 0.1) is 12.8 Å². The van der Waals surface area contributed by atoms with E-state index in [4.69, 9.17) is 0 Å². The first kappa shape index (κ1) is 14.1. The van der Waals surface area contributed by atoms with Gasteiger partial charge in [-0.05, 0) is 38.8 Å². The topological polar surface area (TPSA) is 53.1 Å². The molecular formula is C14H25N5. The summed E-state index contributed by atoms with van der Waals surface area (Å²) >= 11 is 0. The molecule has 5 nitrogen and oxygen atoms in total. The van der Waals surface area contributed by atoms with Crippen LogP contribution in [0.15, 0.2) is 6.07 Å². The van der Waals surface area contributed by atoms with Gasteiger partial charge in [-0.1, -0.05) is 6.92 Å². The number of rotatable bonds is 6.